The Balaban J connectivity index is 1.45. The molecule has 7 nitrogen and oxygen atoms in total. The molecule has 0 fully saturated rings. The first-order valence-electron chi connectivity index (χ1n) is 8.38. The highest BCUT2D eigenvalue weighted by molar-refractivity contribution is 5.74. The second kappa shape index (κ2) is 6.14. The van der Waals surface area contributed by atoms with Gasteiger partial charge in [0.25, 0.3) is 0 Å². The van der Waals surface area contributed by atoms with Crippen LogP contribution in [0.5, 0.6) is 5.75 Å². The first kappa shape index (κ1) is 15.0. The number of benzene rings is 1. The summed E-state index contributed by atoms with van der Waals surface area (Å²) in [7, 11) is 0. The molecule has 126 valence electrons. The number of urea groups is 1. The first-order valence-corrected chi connectivity index (χ1v) is 8.38. The zero-order valence-corrected chi connectivity index (χ0v) is 13.7. The van der Waals surface area contributed by atoms with Gasteiger partial charge in [-0.3, -0.25) is 0 Å². The molecule has 1 atom stereocenters. The summed E-state index contributed by atoms with van der Waals surface area (Å²) in [6.45, 7) is 4.37. The van der Waals surface area contributed by atoms with Gasteiger partial charge in [0.2, 0.25) is 0 Å². The number of fused-ring (bicyclic) bond motifs is 2. The van der Waals surface area contributed by atoms with Gasteiger partial charge in [-0.15, -0.1) is 10.2 Å². The number of amides is 2. The summed E-state index contributed by atoms with van der Waals surface area (Å²) < 4.78 is 7.91. The Labute approximate surface area is 140 Å². The van der Waals surface area contributed by atoms with Crippen LogP contribution in [0.4, 0.5) is 4.79 Å². The van der Waals surface area contributed by atoms with Crippen molar-refractivity contribution in [3.8, 4) is 5.75 Å². The van der Waals surface area contributed by atoms with Gasteiger partial charge in [-0.05, 0) is 19.4 Å². The fourth-order valence-corrected chi connectivity index (χ4v) is 3.28. The molecule has 7 heteroatoms. The van der Waals surface area contributed by atoms with E-state index < -0.39 is 0 Å². The Kier molecular flexibility index (Phi) is 3.84. The van der Waals surface area contributed by atoms with Gasteiger partial charge in [-0.1, -0.05) is 18.2 Å². The van der Waals surface area contributed by atoms with Crippen LogP contribution in [0.2, 0.25) is 0 Å². The normalized spacial score (nSPS) is 19.2. The van der Waals surface area contributed by atoms with E-state index in [-0.39, 0.29) is 12.1 Å². The quantitative estimate of drug-likeness (QED) is 0.911. The molecule has 1 N–H and O–H groups in total. The van der Waals surface area contributed by atoms with Crippen molar-refractivity contribution in [3.63, 3.8) is 0 Å². The monoisotopic (exact) mass is 327 g/mol. The Morgan fingerprint density at radius 3 is 3.17 bits per heavy atom. The fraction of sp³-hybridized carbons (Fsp3) is 0.471. The second-order valence-electron chi connectivity index (χ2n) is 6.34. The van der Waals surface area contributed by atoms with Gasteiger partial charge >= 0.3 is 6.03 Å². The number of hydrogen-bond acceptors (Lipinski definition) is 4. The first-order chi connectivity index (χ1) is 11.7. The summed E-state index contributed by atoms with van der Waals surface area (Å²) in [5, 5.41) is 11.3. The minimum absolute atomic E-state index is 0.00140. The minimum Gasteiger partial charge on any atom is -0.491 e. The Morgan fingerprint density at radius 2 is 2.25 bits per heavy atom. The third-order valence-corrected chi connectivity index (χ3v) is 4.67. The molecule has 0 saturated heterocycles. The van der Waals surface area contributed by atoms with E-state index in [0.29, 0.717) is 19.7 Å². The highest BCUT2D eigenvalue weighted by atomic mass is 16.5. The van der Waals surface area contributed by atoms with Crippen molar-refractivity contribution in [2.45, 2.75) is 45.4 Å². The van der Waals surface area contributed by atoms with Gasteiger partial charge < -0.3 is 19.5 Å². The molecular weight excluding hydrogens is 306 g/mol. The summed E-state index contributed by atoms with van der Waals surface area (Å²) in [5.41, 5.74) is 1.03. The van der Waals surface area contributed by atoms with Crippen molar-refractivity contribution in [3.05, 3.63) is 41.5 Å². The number of aryl methyl sites for hydroxylation is 1. The van der Waals surface area contributed by atoms with Crippen LogP contribution in [0, 0.1) is 0 Å². The molecule has 24 heavy (non-hydrogen) atoms. The summed E-state index contributed by atoms with van der Waals surface area (Å²) in [6.07, 6.45) is 2.07. The third-order valence-electron chi connectivity index (χ3n) is 4.67. The number of ether oxygens (including phenoxy) is 1. The fourth-order valence-electron chi connectivity index (χ4n) is 3.28. The molecule has 1 aromatic heterocycles. The Morgan fingerprint density at radius 1 is 1.38 bits per heavy atom. The van der Waals surface area contributed by atoms with Crippen LogP contribution < -0.4 is 10.1 Å². The second-order valence-corrected chi connectivity index (χ2v) is 6.34. The van der Waals surface area contributed by atoms with Gasteiger partial charge in [0, 0.05) is 18.5 Å². The highest BCUT2D eigenvalue weighted by Gasteiger charge is 2.26. The maximum absolute atomic E-state index is 12.7. The van der Waals surface area contributed by atoms with E-state index in [1.807, 2.05) is 36.1 Å². The van der Waals surface area contributed by atoms with Gasteiger partial charge in [-0.25, -0.2) is 4.79 Å². The maximum atomic E-state index is 12.7. The lowest BCUT2D eigenvalue weighted by Crippen LogP contribution is -2.45. The van der Waals surface area contributed by atoms with Crippen LogP contribution in [0.25, 0.3) is 0 Å². The molecule has 0 spiro atoms. The predicted molar refractivity (Wildman–Crippen MR) is 87.5 cm³/mol. The SMILES string of the molecule is CC1COc2ccccc2CN1C(=O)NCc1nnc2n1CCC2. The van der Waals surface area contributed by atoms with Crippen molar-refractivity contribution in [2.24, 2.45) is 0 Å². The summed E-state index contributed by atoms with van der Waals surface area (Å²) in [6, 6.07) is 7.76. The molecule has 2 aliphatic rings. The van der Waals surface area contributed by atoms with E-state index in [4.69, 9.17) is 4.74 Å². The largest absolute Gasteiger partial charge is 0.491 e. The standard InChI is InChI=1S/C17H21N5O2/c1-12-11-24-14-6-3-2-5-13(14)10-22(12)17(23)18-9-16-20-19-15-7-4-8-21(15)16/h2-3,5-6,12H,4,7-11H2,1H3,(H,18,23). The van der Waals surface area contributed by atoms with Crippen LogP contribution >= 0.6 is 0 Å². The van der Waals surface area contributed by atoms with Crippen LogP contribution in [0.15, 0.2) is 24.3 Å². The lowest BCUT2D eigenvalue weighted by molar-refractivity contribution is 0.156. The van der Waals surface area contributed by atoms with Gasteiger partial charge in [0.05, 0.1) is 19.1 Å². The van der Waals surface area contributed by atoms with E-state index in [0.717, 1.165) is 42.3 Å². The summed E-state index contributed by atoms with van der Waals surface area (Å²) >= 11 is 0. The molecule has 0 saturated carbocycles. The molecule has 2 aliphatic heterocycles. The summed E-state index contributed by atoms with van der Waals surface area (Å²) in [4.78, 5) is 14.5. The van der Waals surface area contributed by atoms with Crippen molar-refractivity contribution in [2.75, 3.05) is 6.61 Å². The zero-order valence-electron chi connectivity index (χ0n) is 13.7. The average molecular weight is 327 g/mol. The topological polar surface area (TPSA) is 72.3 Å². The van der Waals surface area contributed by atoms with E-state index in [1.165, 1.54) is 0 Å². The van der Waals surface area contributed by atoms with E-state index >= 15 is 0 Å². The molecule has 0 radical (unpaired) electrons. The number of carbonyl (C=O) groups excluding carboxylic acids is 1. The molecule has 0 bridgehead atoms. The van der Waals surface area contributed by atoms with Crippen molar-refractivity contribution in [1.29, 1.82) is 0 Å². The smallest absolute Gasteiger partial charge is 0.318 e. The number of aromatic nitrogens is 3. The Hall–Kier alpha value is -2.57. The number of hydrogen-bond donors (Lipinski definition) is 1. The molecule has 4 rings (SSSR count). The van der Waals surface area contributed by atoms with E-state index in [9.17, 15) is 4.79 Å². The van der Waals surface area contributed by atoms with Gasteiger partial charge in [0.1, 0.15) is 18.2 Å². The van der Waals surface area contributed by atoms with Crippen LogP contribution in [0.3, 0.4) is 0 Å². The zero-order chi connectivity index (χ0) is 16.5. The number of para-hydroxylation sites is 1. The lowest BCUT2D eigenvalue weighted by atomic mass is 10.2. The molecule has 1 unspecified atom stereocenters. The molecule has 1 aromatic carbocycles. The van der Waals surface area contributed by atoms with Crippen molar-refractivity contribution in [1.82, 2.24) is 25.0 Å². The number of nitrogens with one attached hydrogen (secondary N) is 1. The van der Waals surface area contributed by atoms with Crippen molar-refractivity contribution >= 4 is 6.03 Å². The predicted octanol–water partition coefficient (Wildman–Crippen LogP) is 1.72. The maximum Gasteiger partial charge on any atom is 0.318 e. The number of nitrogens with zero attached hydrogens (tertiary/aromatic N) is 4. The number of carbonyl (C=O) groups is 1. The summed E-state index contributed by atoms with van der Waals surface area (Å²) in [5.74, 6) is 2.70. The van der Waals surface area contributed by atoms with E-state index in [2.05, 4.69) is 20.1 Å². The average Bonchev–Trinajstić information content (AvgIpc) is 3.16. The molecule has 2 aromatic rings. The van der Waals surface area contributed by atoms with Crippen LogP contribution in [-0.4, -0.2) is 38.3 Å². The van der Waals surface area contributed by atoms with Crippen molar-refractivity contribution < 1.29 is 9.53 Å². The number of rotatable bonds is 2. The molecular formula is C17H21N5O2. The van der Waals surface area contributed by atoms with E-state index in [1.54, 1.807) is 0 Å². The lowest BCUT2D eigenvalue weighted by Gasteiger charge is -2.26. The minimum atomic E-state index is -0.0989. The third kappa shape index (κ3) is 2.70. The van der Waals surface area contributed by atoms with Crippen LogP contribution in [-0.2, 0) is 26.1 Å². The molecule has 3 heterocycles. The molecule has 0 aliphatic carbocycles. The van der Waals surface area contributed by atoms with Crippen LogP contribution in [0.1, 0.15) is 30.6 Å². The Bertz CT molecular complexity index is 757. The van der Waals surface area contributed by atoms with Gasteiger partial charge in [0.15, 0.2) is 5.82 Å². The highest BCUT2D eigenvalue weighted by Crippen LogP contribution is 2.24. The molecule has 2 amide bonds. The van der Waals surface area contributed by atoms with Gasteiger partial charge in [-0.2, -0.15) is 0 Å².